The lowest BCUT2D eigenvalue weighted by Crippen LogP contribution is -2.49. The molecule has 8 heteroatoms. The third-order valence-electron chi connectivity index (χ3n) is 5.45. The van der Waals surface area contributed by atoms with E-state index in [0.29, 0.717) is 24.4 Å². The second-order valence-corrected chi connectivity index (χ2v) is 7.52. The molecule has 27 heavy (non-hydrogen) atoms. The highest BCUT2D eigenvalue weighted by Crippen LogP contribution is 2.37. The summed E-state index contributed by atoms with van der Waals surface area (Å²) in [6.45, 7) is 1.76. The van der Waals surface area contributed by atoms with Crippen LogP contribution >= 0.6 is 11.6 Å². The van der Waals surface area contributed by atoms with Crippen LogP contribution in [0.4, 0.5) is 10.5 Å². The Morgan fingerprint density at radius 3 is 2.74 bits per heavy atom. The fourth-order valence-corrected chi connectivity index (χ4v) is 3.93. The number of nitrogens with zero attached hydrogens (tertiary/aromatic N) is 2. The Balaban J connectivity index is 1.65. The van der Waals surface area contributed by atoms with Crippen molar-refractivity contribution in [2.45, 2.75) is 44.6 Å². The van der Waals surface area contributed by atoms with Gasteiger partial charge < -0.3 is 10.6 Å². The maximum Gasteiger partial charge on any atom is 0.325 e. The van der Waals surface area contributed by atoms with Crippen LogP contribution in [0, 0.1) is 17.2 Å². The van der Waals surface area contributed by atoms with Crippen LogP contribution in [0.2, 0.25) is 5.02 Å². The monoisotopic (exact) mass is 388 g/mol. The van der Waals surface area contributed by atoms with E-state index in [1.54, 1.807) is 6.07 Å². The van der Waals surface area contributed by atoms with Gasteiger partial charge in [-0.3, -0.25) is 14.5 Å². The van der Waals surface area contributed by atoms with Crippen LogP contribution in [-0.4, -0.2) is 34.8 Å². The highest BCUT2D eigenvalue weighted by atomic mass is 35.5. The molecule has 4 amide bonds. The Kier molecular flexibility index (Phi) is 5.38. The fraction of sp³-hybridized carbons (Fsp3) is 0.474. The van der Waals surface area contributed by atoms with Gasteiger partial charge in [0.1, 0.15) is 18.2 Å². The van der Waals surface area contributed by atoms with Gasteiger partial charge in [0.25, 0.3) is 5.91 Å². The van der Waals surface area contributed by atoms with E-state index >= 15 is 0 Å². The zero-order valence-electron chi connectivity index (χ0n) is 15.0. The minimum atomic E-state index is -0.864. The maximum atomic E-state index is 12.8. The Bertz CT molecular complexity index is 825. The molecule has 1 aliphatic carbocycles. The van der Waals surface area contributed by atoms with Crippen LogP contribution in [-0.2, 0) is 9.59 Å². The lowest BCUT2D eigenvalue weighted by atomic mass is 9.75. The molecule has 0 atom stereocenters. The first kappa shape index (κ1) is 19.2. The summed E-state index contributed by atoms with van der Waals surface area (Å²) in [6.07, 6.45) is 4.07. The van der Waals surface area contributed by atoms with Crippen molar-refractivity contribution in [3.63, 3.8) is 0 Å². The van der Waals surface area contributed by atoms with E-state index in [1.165, 1.54) is 12.1 Å². The predicted molar refractivity (Wildman–Crippen MR) is 100 cm³/mol. The molecule has 0 radical (unpaired) electrons. The van der Waals surface area contributed by atoms with E-state index in [9.17, 15) is 14.4 Å². The van der Waals surface area contributed by atoms with Crippen LogP contribution < -0.4 is 10.6 Å². The van der Waals surface area contributed by atoms with Crippen molar-refractivity contribution in [3.8, 4) is 6.07 Å². The normalized spacial score (nSPS) is 24.6. The number of hydrogen-bond acceptors (Lipinski definition) is 4. The number of amides is 4. The summed E-state index contributed by atoms with van der Waals surface area (Å²) >= 11 is 5.87. The lowest BCUT2D eigenvalue weighted by Gasteiger charge is -2.34. The minimum Gasteiger partial charge on any atom is -0.324 e. The van der Waals surface area contributed by atoms with Crippen LogP contribution in [0.25, 0.3) is 0 Å². The third kappa shape index (κ3) is 3.76. The molecule has 1 aromatic rings. The van der Waals surface area contributed by atoms with Gasteiger partial charge >= 0.3 is 6.03 Å². The van der Waals surface area contributed by atoms with Gasteiger partial charge in [0, 0.05) is 5.69 Å². The molecule has 2 fully saturated rings. The topological polar surface area (TPSA) is 102 Å². The molecule has 0 bridgehead atoms. The first-order valence-electron chi connectivity index (χ1n) is 9.02. The van der Waals surface area contributed by atoms with Gasteiger partial charge in [-0.05, 0) is 49.8 Å². The quantitative estimate of drug-likeness (QED) is 0.774. The standard InChI is InChI=1S/C19H21ClN4O3/c1-2-12-5-7-19(8-6-12)17(26)24(18(27)23-19)11-16(25)22-14-3-4-15(20)13(9-14)10-21/h3-4,9,12H,2,5-8,11H2,1H3,(H,22,25)(H,23,27). The summed E-state index contributed by atoms with van der Waals surface area (Å²) in [5.74, 6) is -0.257. The molecule has 142 valence electrons. The van der Waals surface area contributed by atoms with E-state index in [4.69, 9.17) is 16.9 Å². The summed E-state index contributed by atoms with van der Waals surface area (Å²) < 4.78 is 0. The highest BCUT2D eigenvalue weighted by molar-refractivity contribution is 6.31. The highest BCUT2D eigenvalue weighted by Gasteiger charge is 2.52. The number of anilines is 1. The first-order valence-corrected chi connectivity index (χ1v) is 9.40. The van der Waals surface area contributed by atoms with E-state index in [2.05, 4.69) is 17.6 Å². The molecule has 0 unspecified atom stereocenters. The molecule has 1 saturated heterocycles. The minimum absolute atomic E-state index is 0.232. The predicted octanol–water partition coefficient (Wildman–Crippen LogP) is 3.04. The molecule has 1 aliphatic heterocycles. The molecule has 1 heterocycles. The zero-order valence-corrected chi connectivity index (χ0v) is 15.8. The van der Waals surface area contributed by atoms with Gasteiger partial charge in [-0.15, -0.1) is 0 Å². The van der Waals surface area contributed by atoms with Gasteiger partial charge in [-0.1, -0.05) is 24.9 Å². The Hall–Kier alpha value is -2.59. The molecule has 1 aromatic carbocycles. The number of carbonyl (C=O) groups is 3. The van der Waals surface area contributed by atoms with Crippen LogP contribution in [0.5, 0.6) is 0 Å². The molecule has 3 rings (SSSR count). The molecule has 2 N–H and O–H groups in total. The number of nitrogens with one attached hydrogen (secondary N) is 2. The molecule has 1 saturated carbocycles. The second kappa shape index (κ2) is 7.57. The second-order valence-electron chi connectivity index (χ2n) is 7.11. The van der Waals surface area contributed by atoms with Crippen molar-refractivity contribution in [3.05, 3.63) is 28.8 Å². The zero-order chi connectivity index (χ0) is 19.6. The Morgan fingerprint density at radius 1 is 1.41 bits per heavy atom. The lowest BCUT2D eigenvalue weighted by molar-refractivity contribution is -0.135. The van der Waals surface area contributed by atoms with E-state index in [0.717, 1.165) is 24.2 Å². The summed E-state index contributed by atoms with van der Waals surface area (Å²) in [7, 11) is 0. The number of rotatable bonds is 4. The molecule has 1 spiro atoms. The van der Waals surface area contributed by atoms with Gasteiger partial charge in [0.2, 0.25) is 5.91 Å². The van der Waals surface area contributed by atoms with E-state index in [-0.39, 0.29) is 23.0 Å². The smallest absolute Gasteiger partial charge is 0.324 e. The molecular weight excluding hydrogens is 368 g/mol. The Labute approximate surface area is 162 Å². The summed E-state index contributed by atoms with van der Waals surface area (Å²) in [5, 5.41) is 14.7. The number of imide groups is 1. The van der Waals surface area contributed by atoms with Crippen molar-refractivity contribution in [2.24, 2.45) is 5.92 Å². The Morgan fingerprint density at radius 2 is 2.11 bits per heavy atom. The maximum absolute atomic E-state index is 12.8. The largest absolute Gasteiger partial charge is 0.325 e. The van der Waals surface area contributed by atoms with E-state index < -0.39 is 17.5 Å². The molecular formula is C19H21ClN4O3. The van der Waals surface area contributed by atoms with Crippen molar-refractivity contribution < 1.29 is 14.4 Å². The number of urea groups is 1. The van der Waals surface area contributed by atoms with Gasteiger partial charge in [0.15, 0.2) is 0 Å². The summed E-state index contributed by atoms with van der Waals surface area (Å²) in [4.78, 5) is 38.4. The number of nitriles is 1. The van der Waals surface area contributed by atoms with Crippen LogP contribution in [0.3, 0.4) is 0 Å². The van der Waals surface area contributed by atoms with Crippen LogP contribution in [0.1, 0.15) is 44.6 Å². The number of carbonyl (C=O) groups excluding carboxylic acids is 3. The summed E-state index contributed by atoms with van der Waals surface area (Å²) in [5.41, 5.74) is -0.251. The third-order valence-corrected chi connectivity index (χ3v) is 5.78. The number of hydrogen-bond donors (Lipinski definition) is 2. The van der Waals surface area contributed by atoms with Gasteiger partial charge in [-0.2, -0.15) is 5.26 Å². The van der Waals surface area contributed by atoms with Crippen molar-refractivity contribution in [2.75, 3.05) is 11.9 Å². The number of halogens is 1. The van der Waals surface area contributed by atoms with E-state index in [1.807, 2.05) is 6.07 Å². The average molecular weight is 389 g/mol. The molecule has 2 aliphatic rings. The first-order chi connectivity index (χ1) is 12.9. The summed E-state index contributed by atoms with van der Waals surface area (Å²) in [6, 6.07) is 5.91. The number of benzene rings is 1. The van der Waals surface area contributed by atoms with Gasteiger partial charge in [0.05, 0.1) is 10.6 Å². The van der Waals surface area contributed by atoms with Crippen molar-refractivity contribution >= 4 is 35.1 Å². The van der Waals surface area contributed by atoms with Crippen LogP contribution in [0.15, 0.2) is 18.2 Å². The fourth-order valence-electron chi connectivity index (χ4n) is 3.77. The SMILES string of the molecule is CCC1CCC2(CC1)NC(=O)N(CC(=O)Nc1ccc(Cl)c(C#N)c1)C2=O. The molecule has 0 aromatic heterocycles. The van der Waals surface area contributed by atoms with Gasteiger partial charge in [-0.25, -0.2) is 4.79 Å². The van der Waals surface area contributed by atoms with Crippen molar-refractivity contribution in [1.82, 2.24) is 10.2 Å². The molecule has 7 nitrogen and oxygen atoms in total. The average Bonchev–Trinajstić information content (AvgIpc) is 2.88. The van der Waals surface area contributed by atoms with Crippen molar-refractivity contribution in [1.29, 1.82) is 5.26 Å².